The van der Waals surface area contributed by atoms with Crippen molar-refractivity contribution >= 4 is 18.7 Å². The molecule has 0 N–H and O–H groups in total. The van der Waals surface area contributed by atoms with E-state index < -0.39 is 8.32 Å². The fourth-order valence-corrected chi connectivity index (χ4v) is 8.36. The van der Waals surface area contributed by atoms with Crippen LogP contribution in [-0.4, -0.2) is 27.6 Å². The maximum atomic E-state index is 6.77. The van der Waals surface area contributed by atoms with Gasteiger partial charge in [0, 0.05) is 6.61 Å². The van der Waals surface area contributed by atoms with Crippen LogP contribution in [0.2, 0.25) is 5.04 Å². The number of hydrogen-bond acceptors (Lipinski definition) is 2. The van der Waals surface area contributed by atoms with Crippen LogP contribution < -0.4 is 10.4 Å². The molecule has 1 unspecified atom stereocenters. The first-order chi connectivity index (χ1) is 13.0. The molecular formula is C24H30O2Si. The average molecular weight is 379 g/mol. The first kappa shape index (κ1) is 19.9. The zero-order valence-electron chi connectivity index (χ0n) is 16.7. The zero-order chi connectivity index (χ0) is 19.2. The fraction of sp³-hybridized carbons (Fsp3) is 0.417. The van der Waals surface area contributed by atoms with Crippen LogP contribution in [0.25, 0.3) is 0 Å². The van der Waals surface area contributed by atoms with Gasteiger partial charge in [0.25, 0.3) is 8.32 Å². The minimum Gasteiger partial charge on any atom is -0.396 e. The third-order valence-corrected chi connectivity index (χ3v) is 10.2. The Kier molecular flexibility index (Phi) is 6.54. The lowest BCUT2D eigenvalue weighted by Gasteiger charge is -2.42. The van der Waals surface area contributed by atoms with E-state index in [9.17, 15) is 0 Å². The Morgan fingerprint density at radius 1 is 0.963 bits per heavy atom. The van der Waals surface area contributed by atoms with Crippen molar-refractivity contribution in [3.8, 4) is 11.8 Å². The highest BCUT2D eigenvalue weighted by Crippen LogP contribution is 2.36. The number of ether oxygens (including phenoxy) is 1. The Hall–Kier alpha value is -1.86. The second-order valence-corrected chi connectivity index (χ2v) is 12.4. The van der Waals surface area contributed by atoms with Gasteiger partial charge in [-0.25, -0.2) is 0 Å². The van der Waals surface area contributed by atoms with Crippen LogP contribution in [-0.2, 0) is 9.16 Å². The quantitative estimate of drug-likeness (QED) is 0.588. The lowest BCUT2D eigenvalue weighted by molar-refractivity contribution is 0.0524. The van der Waals surface area contributed by atoms with Gasteiger partial charge in [0.1, 0.15) is 6.10 Å². The summed E-state index contributed by atoms with van der Waals surface area (Å²) in [7, 11) is -2.48. The van der Waals surface area contributed by atoms with Crippen LogP contribution in [0.1, 0.15) is 40.0 Å². The van der Waals surface area contributed by atoms with Crippen molar-refractivity contribution in [3.63, 3.8) is 0 Å². The first-order valence-electron chi connectivity index (χ1n) is 9.89. The van der Waals surface area contributed by atoms with E-state index in [1.807, 2.05) is 0 Å². The van der Waals surface area contributed by atoms with E-state index in [-0.39, 0.29) is 11.1 Å². The topological polar surface area (TPSA) is 18.5 Å². The van der Waals surface area contributed by atoms with Gasteiger partial charge >= 0.3 is 0 Å². The summed E-state index contributed by atoms with van der Waals surface area (Å²) in [6, 6.07) is 21.4. The van der Waals surface area contributed by atoms with Gasteiger partial charge in [0.2, 0.25) is 0 Å². The molecule has 3 heteroatoms. The summed E-state index contributed by atoms with van der Waals surface area (Å²) in [5.74, 6) is 6.53. The van der Waals surface area contributed by atoms with Gasteiger partial charge in [-0.15, -0.1) is 0 Å². The average Bonchev–Trinajstić information content (AvgIpc) is 2.69. The van der Waals surface area contributed by atoms with Gasteiger partial charge in [-0.05, 0) is 34.7 Å². The van der Waals surface area contributed by atoms with Crippen LogP contribution in [0.4, 0.5) is 0 Å². The first-order valence-corrected chi connectivity index (χ1v) is 11.8. The molecule has 1 aliphatic heterocycles. The molecule has 0 saturated carbocycles. The Balaban J connectivity index is 1.93. The summed E-state index contributed by atoms with van der Waals surface area (Å²) < 4.78 is 12.5. The molecule has 0 aromatic heterocycles. The predicted molar refractivity (Wildman–Crippen MR) is 115 cm³/mol. The molecule has 2 nitrogen and oxygen atoms in total. The molecule has 1 saturated heterocycles. The van der Waals surface area contributed by atoms with E-state index in [1.165, 1.54) is 16.8 Å². The summed E-state index contributed by atoms with van der Waals surface area (Å²) in [6.07, 6.45) is 3.46. The van der Waals surface area contributed by atoms with Crippen molar-refractivity contribution in [2.24, 2.45) is 0 Å². The lowest BCUT2D eigenvalue weighted by atomic mass is 10.1. The molecule has 1 aliphatic rings. The summed E-state index contributed by atoms with van der Waals surface area (Å²) >= 11 is 0. The zero-order valence-corrected chi connectivity index (χ0v) is 17.7. The third-order valence-electron chi connectivity index (χ3n) is 5.22. The fourth-order valence-electron chi connectivity index (χ4n) is 3.92. The molecule has 2 aromatic rings. The summed E-state index contributed by atoms with van der Waals surface area (Å²) in [6.45, 7) is 8.13. The molecule has 1 atom stereocenters. The van der Waals surface area contributed by atoms with Crippen molar-refractivity contribution < 1.29 is 9.16 Å². The molecule has 0 spiro atoms. The van der Waals surface area contributed by atoms with Crippen molar-refractivity contribution in [3.05, 3.63) is 60.7 Å². The lowest BCUT2D eigenvalue weighted by Crippen LogP contribution is -2.66. The normalized spacial score (nSPS) is 17.8. The van der Waals surface area contributed by atoms with Crippen LogP contribution >= 0.6 is 0 Å². The highest BCUT2D eigenvalue weighted by atomic mass is 28.4. The number of benzene rings is 2. The summed E-state index contributed by atoms with van der Waals surface area (Å²) in [5, 5.41) is 2.57. The standard InChI is InChI=1S/C24H30O2Si/c1-24(2,3)27(22-15-6-4-7-16-22,23-17-8-5-9-18-23)26-20-12-14-21-13-10-11-19-25-21/h4-9,15-18,21H,10-11,13,19-20H2,1-3H3. The summed E-state index contributed by atoms with van der Waals surface area (Å²) in [5.41, 5.74) is 0. The number of rotatable bonds is 4. The third kappa shape index (κ3) is 4.52. The Morgan fingerprint density at radius 3 is 2.04 bits per heavy atom. The van der Waals surface area contributed by atoms with E-state index in [2.05, 4.69) is 93.3 Å². The molecule has 2 aromatic carbocycles. The van der Waals surface area contributed by atoms with Crippen LogP contribution in [0, 0.1) is 11.8 Å². The van der Waals surface area contributed by atoms with Gasteiger partial charge in [0.05, 0.1) is 6.61 Å². The molecule has 0 radical (unpaired) electrons. The van der Waals surface area contributed by atoms with Crippen LogP contribution in [0.5, 0.6) is 0 Å². The molecule has 3 rings (SSSR count). The molecular weight excluding hydrogens is 348 g/mol. The van der Waals surface area contributed by atoms with Crippen LogP contribution in [0.15, 0.2) is 60.7 Å². The minimum atomic E-state index is -2.48. The Morgan fingerprint density at radius 2 is 1.56 bits per heavy atom. The molecule has 0 amide bonds. The molecule has 1 fully saturated rings. The summed E-state index contributed by atoms with van der Waals surface area (Å²) in [4.78, 5) is 0. The Labute approximate surface area is 165 Å². The largest absolute Gasteiger partial charge is 0.396 e. The van der Waals surface area contributed by atoms with Crippen molar-refractivity contribution in [1.29, 1.82) is 0 Å². The van der Waals surface area contributed by atoms with Gasteiger partial charge in [-0.1, -0.05) is 93.3 Å². The SMILES string of the molecule is CC(C)(C)[Si](OCC#CC1CCCCO1)(c1ccccc1)c1ccccc1. The smallest absolute Gasteiger partial charge is 0.262 e. The predicted octanol–water partition coefficient (Wildman–Crippen LogP) is 4.14. The van der Waals surface area contributed by atoms with E-state index in [1.54, 1.807) is 0 Å². The molecule has 142 valence electrons. The monoisotopic (exact) mass is 378 g/mol. The second-order valence-electron chi connectivity index (χ2n) is 8.13. The second kappa shape index (κ2) is 8.88. The van der Waals surface area contributed by atoms with Crippen molar-refractivity contribution in [2.45, 2.75) is 51.2 Å². The molecule has 0 bridgehead atoms. The van der Waals surface area contributed by atoms with E-state index in [0.29, 0.717) is 6.61 Å². The van der Waals surface area contributed by atoms with Crippen molar-refractivity contribution in [1.82, 2.24) is 0 Å². The van der Waals surface area contributed by atoms with Gasteiger partial charge in [-0.3, -0.25) is 0 Å². The minimum absolute atomic E-state index is 0.0152. The van der Waals surface area contributed by atoms with E-state index in [4.69, 9.17) is 9.16 Å². The number of hydrogen-bond donors (Lipinski definition) is 0. The maximum absolute atomic E-state index is 6.77. The molecule has 27 heavy (non-hydrogen) atoms. The van der Waals surface area contributed by atoms with E-state index in [0.717, 1.165) is 19.4 Å². The highest BCUT2D eigenvalue weighted by Gasteiger charge is 2.49. The van der Waals surface area contributed by atoms with Gasteiger partial charge < -0.3 is 9.16 Å². The van der Waals surface area contributed by atoms with Gasteiger partial charge in [-0.2, -0.15) is 0 Å². The van der Waals surface area contributed by atoms with E-state index >= 15 is 0 Å². The Bertz CT molecular complexity index is 723. The van der Waals surface area contributed by atoms with Crippen LogP contribution in [0.3, 0.4) is 0 Å². The highest BCUT2D eigenvalue weighted by molar-refractivity contribution is 6.99. The van der Waals surface area contributed by atoms with Crippen molar-refractivity contribution in [2.75, 3.05) is 13.2 Å². The van der Waals surface area contributed by atoms with Gasteiger partial charge in [0.15, 0.2) is 0 Å². The molecule has 1 heterocycles. The molecule has 0 aliphatic carbocycles. The maximum Gasteiger partial charge on any atom is 0.262 e.